The predicted molar refractivity (Wildman–Crippen MR) is 140 cm³/mol. The Balaban J connectivity index is 1.61. The number of anilines is 1. The van der Waals surface area contributed by atoms with Gasteiger partial charge in [-0.3, -0.25) is 9.89 Å². The van der Waals surface area contributed by atoms with Crippen molar-refractivity contribution in [2.45, 2.75) is 13.0 Å². The number of carbonyl (C=O) groups is 1. The van der Waals surface area contributed by atoms with Crippen molar-refractivity contribution in [1.82, 2.24) is 25.1 Å². The molecule has 1 unspecified atom stereocenters. The number of nitrogens with zero attached hydrogens (tertiary/aromatic N) is 4. The van der Waals surface area contributed by atoms with Crippen LogP contribution >= 0.6 is 0 Å². The van der Waals surface area contributed by atoms with Crippen LogP contribution in [-0.2, 0) is 4.74 Å². The van der Waals surface area contributed by atoms with Crippen LogP contribution in [-0.4, -0.2) is 44.8 Å². The van der Waals surface area contributed by atoms with Gasteiger partial charge < -0.3 is 20.9 Å². The number of benzene rings is 2. The van der Waals surface area contributed by atoms with E-state index in [0.29, 0.717) is 23.6 Å². The molecular weight excluding hydrogens is 470 g/mol. The minimum Gasteiger partial charge on any atom is -0.453 e. The second kappa shape index (κ2) is 10.0. The summed E-state index contributed by atoms with van der Waals surface area (Å²) < 4.78 is 11.4. The second-order valence-electron chi connectivity index (χ2n) is 8.47. The summed E-state index contributed by atoms with van der Waals surface area (Å²) in [6.45, 7) is 2.27. The lowest BCUT2D eigenvalue weighted by Crippen LogP contribution is -2.17. The SMILES string of the molecule is COCC(Oc1nccc(-c2cc(-c3c(C)ccc4[nH]ncc34)c(N)c(C(N)=O)n2)n1)c1ccccc1. The van der Waals surface area contributed by atoms with E-state index in [-0.39, 0.29) is 17.4 Å². The average molecular weight is 496 g/mol. The number of ether oxygens (including phenoxy) is 2. The first-order valence-electron chi connectivity index (χ1n) is 11.5. The first-order chi connectivity index (χ1) is 18.0. The predicted octanol–water partition coefficient (Wildman–Crippen LogP) is 3.84. The summed E-state index contributed by atoms with van der Waals surface area (Å²) in [6.07, 6.45) is 2.87. The number of hydrogen-bond donors (Lipinski definition) is 3. The molecule has 0 saturated heterocycles. The minimum atomic E-state index is -0.743. The van der Waals surface area contributed by atoms with Gasteiger partial charge in [0.25, 0.3) is 5.91 Å². The molecule has 3 aromatic heterocycles. The second-order valence-corrected chi connectivity index (χ2v) is 8.47. The number of nitrogens with two attached hydrogens (primary N) is 2. The Morgan fingerprint density at radius 1 is 1.08 bits per heavy atom. The minimum absolute atomic E-state index is 0.0463. The first-order valence-corrected chi connectivity index (χ1v) is 11.5. The van der Waals surface area contributed by atoms with E-state index in [9.17, 15) is 4.79 Å². The number of aromatic nitrogens is 5. The highest BCUT2D eigenvalue weighted by atomic mass is 16.5. The molecule has 0 aliphatic heterocycles. The van der Waals surface area contributed by atoms with E-state index < -0.39 is 12.0 Å². The van der Waals surface area contributed by atoms with Crippen molar-refractivity contribution in [1.29, 1.82) is 0 Å². The number of rotatable bonds is 8. The standard InChI is InChI=1S/C27H25N7O3/c1-15-8-9-19-18(13-31-34-19)23(15)17-12-21(32-25(24(17)28)26(29)35)20-10-11-30-27(33-20)37-22(14-36-2)16-6-4-3-5-7-16/h3-13,22H,14,28H2,1-2H3,(H2,29,35)(H,31,34). The van der Waals surface area contributed by atoms with Crippen molar-refractivity contribution in [2.24, 2.45) is 5.73 Å². The van der Waals surface area contributed by atoms with Gasteiger partial charge in [0.1, 0.15) is 0 Å². The molecule has 3 heterocycles. The number of fused-ring (bicyclic) bond motifs is 1. The molecule has 0 bridgehead atoms. The van der Waals surface area contributed by atoms with Crippen LogP contribution in [0.25, 0.3) is 33.4 Å². The van der Waals surface area contributed by atoms with E-state index in [2.05, 4.69) is 25.1 Å². The molecular formula is C27H25N7O3. The molecule has 2 aromatic carbocycles. The maximum atomic E-state index is 12.3. The third-order valence-corrected chi connectivity index (χ3v) is 6.03. The van der Waals surface area contributed by atoms with Gasteiger partial charge in [0.15, 0.2) is 11.8 Å². The van der Waals surface area contributed by atoms with Crippen molar-refractivity contribution >= 4 is 22.5 Å². The summed E-state index contributed by atoms with van der Waals surface area (Å²) in [5, 5.41) is 7.98. The highest BCUT2D eigenvalue weighted by molar-refractivity contribution is 6.05. The van der Waals surface area contributed by atoms with E-state index in [0.717, 1.165) is 27.6 Å². The van der Waals surface area contributed by atoms with Gasteiger partial charge in [0.05, 0.1) is 35.4 Å². The molecule has 10 heteroatoms. The molecule has 1 atom stereocenters. The van der Waals surface area contributed by atoms with Crippen LogP contribution in [0.4, 0.5) is 5.69 Å². The molecule has 0 aliphatic rings. The fourth-order valence-corrected chi connectivity index (χ4v) is 4.25. The number of hydrogen-bond acceptors (Lipinski definition) is 8. The van der Waals surface area contributed by atoms with Gasteiger partial charge in [0, 0.05) is 24.3 Å². The smallest absolute Gasteiger partial charge is 0.317 e. The van der Waals surface area contributed by atoms with Gasteiger partial charge in [-0.15, -0.1) is 0 Å². The van der Waals surface area contributed by atoms with Crippen LogP contribution in [0.5, 0.6) is 6.01 Å². The molecule has 186 valence electrons. The highest BCUT2D eigenvalue weighted by Crippen LogP contribution is 2.38. The van der Waals surface area contributed by atoms with Crippen LogP contribution in [0.15, 0.2) is 67.0 Å². The van der Waals surface area contributed by atoms with Crippen molar-refractivity contribution in [2.75, 3.05) is 19.5 Å². The van der Waals surface area contributed by atoms with Crippen LogP contribution in [0.3, 0.4) is 0 Å². The lowest BCUT2D eigenvalue weighted by Gasteiger charge is -2.18. The Kier molecular flexibility index (Phi) is 6.48. The molecule has 5 N–H and O–H groups in total. The number of aromatic amines is 1. The molecule has 37 heavy (non-hydrogen) atoms. The number of methoxy groups -OCH3 is 1. The normalized spacial score (nSPS) is 11.9. The lowest BCUT2D eigenvalue weighted by molar-refractivity contribution is 0.0743. The summed E-state index contributed by atoms with van der Waals surface area (Å²) in [4.78, 5) is 25.6. The van der Waals surface area contributed by atoms with Crippen molar-refractivity contribution in [3.63, 3.8) is 0 Å². The summed E-state index contributed by atoms with van der Waals surface area (Å²) in [7, 11) is 1.60. The molecule has 0 radical (unpaired) electrons. The maximum absolute atomic E-state index is 12.3. The van der Waals surface area contributed by atoms with Gasteiger partial charge in [-0.1, -0.05) is 36.4 Å². The fourth-order valence-electron chi connectivity index (χ4n) is 4.25. The number of nitrogens with one attached hydrogen (secondary N) is 1. The van der Waals surface area contributed by atoms with Crippen molar-refractivity contribution in [3.8, 4) is 28.5 Å². The van der Waals surface area contributed by atoms with Crippen molar-refractivity contribution < 1.29 is 14.3 Å². The summed E-state index contributed by atoms with van der Waals surface area (Å²) in [6, 6.07) is 17.2. The molecule has 0 spiro atoms. The number of nitrogen functional groups attached to an aromatic ring is 1. The maximum Gasteiger partial charge on any atom is 0.317 e. The Bertz CT molecular complexity index is 1580. The molecule has 5 aromatic rings. The Morgan fingerprint density at radius 3 is 2.65 bits per heavy atom. The van der Waals surface area contributed by atoms with E-state index in [1.807, 2.05) is 49.4 Å². The molecule has 1 amide bonds. The van der Waals surface area contributed by atoms with Crippen molar-refractivity contribution in [3.05, 3.63) is 83.8 Å². The molecule has 0 aliphatic carbocycles. The largest absolute Gasteiger partial charge is 0.453 e. The average Bonchev–Trinajstić information content (AvgIpc) is 3.38. The van der Waals surface area contributed by atoms with Gasteiger partial charge in [-0.05, 0) is 41.8 Å². The first kappa shape index (κ1) is 23.9. The van der Waals surface area contributed by atoms with Gasteiger partial charge >= 0.3 is 6.01 Å². The number of H-pyrrole nitrogens is 1. The Morgan fingerprint density at radius 2 is 1.89 bits per heavy atom. The zero-order valence-corrected chi connectivity index (χ0v) is 20.3. The number of amides is 1. The monoisotopic (exact) mass is 495 g/mol. The molecule has 0 saturated carbocycles. The molecule has 5 rings (SSSR count). The zero-order chi connectivity index (χ0) is 25.9. The molecule has 0 fully saturated rings. The fraction of sp³-hybridized carbons (Fsp3) is 0.148. The van der Waals surface area contributed by atoms with Crippen LogP contribution in [0.1, 0.15) is 27.7 Å². The van der Waals surface area contributed by atoms with Crippen LogP contribution < -0.4 is 16.2 Å². The van der Waals surface area contributed by atoms with Gasteiger partial charge in [-0.25, -0.2) is 9.97 Å². The van der Waals surface area contributed by atoms with E-state index in [1.54, 1.807) is 31.6 Å². The van der Waals surface area contributed by atoms with E-state index in [1.165, 1.54) is 0 Å². The quantitative estimate of drug-likeness (QED) is 0.293. The number of pyridine rings is 1. The lowest BCUT2D eigenvalue weighted by atomic mass is 9.94. The Hall–Kier alpha value is -4.83. The third kappa shape index (κ3) is 4.69. The Labute approximate surface area is 212 Å². The van der Waals surface area contributed by atoms with Crippen LogP contribution in [0.2, 0.25) is 0 Å². The molecule has 10 nitrogen and oxygen atoms in total. The zero-order valence-electron chi connectivity index (χ0n) is 20.3. The van der Waals surface area contributed by atoms with E-state index in [4.69, 9.17) is 20.9 Å². The topological polar surface area (TPSA) is 155 Å². The summed E-state index contributed by atoms with van der Waals surface area (Å²) in [5.41, 5.74) is 17.2. The number of carbonyl (C=O) groups excluding carboxylic acids is 1. The van der Waals surface area contributed by atoms with E-state index >= 15 is 0 Å². The van der Waals surface area contributed by atoms with Gasteiger partial charge in [-0.2, -0.15) is 10.1 Å². The van der Waals surface area contributed by atoms with Crippen LogP contribution in [0, 0.1) is 6.92 Å². The number of primary amides is 1. The number of aryl methyl sites for hydroxylation is 1. The van der Waals surface area contributed by atoms with Gasteiger partial charge in [0.2, 0.25) is 0 Å². The third-order valence-electron chi connectivity index (χ3n) is 6.03. The summed E-state index contributed by atoms with van der Waals surface area (Å²) in [5.74, 6) is -0.743. The highest BCUT2D eigenvalue weighted by Gasteiger charge is 2.21. The summed E-state index contributed by atoms with van der Waals surface area (Å²) >= 11 is 0.